The quantitative estimate of drug-likeness (QED) is 0.159. The first-order valence-electron chi connectivity index (χ1n) is 21.7. The molecule has 0 fully saturated rings. The summed E-state index contributed by atoms with van der Waals surface area (Å²) in [4.78, 5) is 0. The Morgan fingerprint density at radius 2 is 0.619 bits per heavy atom. The van der Waals surface area contributed by atoms with Crippen molar-refractivity contribution in [3.05, 3.63) is 237 Å². The molecule has 0 unspecified atom stereocenters. The van der Waals surface area contributed by atoms with Gasteiger partial charge in [-0.05, 0) is 119 Å². The highest BCUT2D eigenvalue weighted by atomic mass is 15.0. The van der Waals surface area contributed by atoms with Gasteiger partial charge in [-0.15, -0.1) is 0 Å². The number of hydrogen-bond donors (Lipinski definition) is 0. The van der Waals surface area contributed by atoms with Gasteiger partial charge in [-0.3, -0.25) is 0 Å². The number of fused-ring (bicyclic) bond motifs is 9. The Balaban J connectivity index is 1.04. The van der Waals surface area contributed by atoms with Crippen molar-refractivity contribution < 1.29 is 0 Å². The maximum absolute atomic E-state index is 2.45. The molecular formula is C60H39N3. The largest absolute Gasteiger partial charge is 0.309 e. The van der Waals surface area contributed by atoms with Crippen molar-refractivity contribution in [2.45, 2.75) is 0 Å². The summed E-state index contributed by atoms with van der Waals surface area (Å²) in [6.07, 6.45) is 0. The van der Waals surface area contributed by atoms with Crippen molar-refractivity contribution in [3.63, 3.8) is 0 Å². The van der Waals surface area contributed by atoms with Crippen LogP contribution in [0.1, 0.15) is 0 Å². The molecule has 294 valence electrons. The van der Waals surface area contributed by atoms with E-state index in [0.29, 0.717) is 0 Å². The maximum atomic E-state index is 2.45. The van der Waals surface area contributed by atoms with Crippen LogP contribution in [0.15, 0.2) is 237 Å². The summed E-state index contributed by atoms with van der Waals surface area (Å²) in [7, 11) is 0. The third-order valence-corrected chi connectivity index (χ3v) is 13.0. The molecule has 63 heavy (non-hydrogen) atoms. The highest BCUT2D eigenvalue weighted by molar-refractivity contribution is 6.16. The fourth-order valence-electron chi connectivity index (χ4n) is 10.2. The zero-order chi connectivity index (χ0) is 41.4. The summed E-state index contributed by atoms with van der Waals surface area (Å²) >= 11 is 0. The molecule has 0 radical (unpaired) electrons. The van der Waals surface area contributed by atoms with Crippen molar-refractivity contribution >= 4 is 65.4 Å². The molecule has 0 spiro atoms. The lowest BCUT2D eigenvalue weighted by molar-refractivity contribution is 1.18. The van der Waals surface area contributed by atoms with E-state index in [2.05, 4.69) is 250 Å². The Labute approximate surface area is 364 Å². The van der Waals surface area contributed by atoms with E-state index in [1.54, 1.807) is 0 Å². The van der Waals surface area contributed by atoms with Gasteiger partial charge in [-0.1, -0.05) is 146 Å². The average Bonchev–Trinajstić information content (AvgIpc) is 4.00. The lowest BCUT2D eigenvalue weighted by Crippen LogP contribution is -1.96. The normalized spacial score (nSPS) is 11.8. The van der Waals surface area contributed by atoms with E-state index in [9.17, 15) is 0 Å². The van der Waals surface area contributed by atoms with Crippen molar-refractivity contribution in [1.82, 2.24) is 13.7 Å². The van der Waals surface area contributed by atoms with Crippen molar-refractivity contribution in [2.24, 2.45) is 0 Å². The molecule has 0 amide bonds. The fourth-order valence-corrected chi connectivity index (χ4v) is 10.2. The van der Waals surface area contributed by atoms with E-state index in [0.717, 1.165) is 17.1 Å². The van der Waals surface area contributed by atoms with E-state index in [-0.39, 0.29) is 0 Å². The van der Waals surface area contributed by atoms with Crippen LogP contribution >= 0.6 is 0 Å². The smallest absolute Gasteiger partial charge is 0.0619 e. The second-order valence-corrected chi connectivity index (χ2v) is 16.5. The predicted octanol–water partition coefficient (Wildman–Crippen LogP) is 16.0. The van der Waals surface area contributed by atoms with E-state index >= 15 is 0 Å². The van der Waals surface area contributed by atoms with Gasteiger partial charge >= 0.3 is 0 Å². The molecule has 3 aromatic heterocycles. The molecule has 0 saturated heterocycles. The minimum absolute atomic E-state index is 1.14. The van der Waals surface area contributed by atoms with E-state index < -0.39 is 0 Å². The SMILES string of the molecule is c1ccc(-n2c3ccccc3c3cc(-c4cccc(-c5cc(-c6cccc(-n7c8ccccc8c8ccccc87)c6)cc6c7ccccc7n(-c7ccccc7)c56)c4)ccc32)cc1. The zero-order valence-electron chi connectivity index (χ0n) is 34.4. The standard InChI is InChI=1S/C60H39N3/c1-3-20-45(21-4-1)61-57-31-13-9-27-50(57)53-37-42(33-34-59(53)61)40-17-15-19-43(35-40)52-38-44(39-54-51-28-10-14-32-58(51)63(60(52)54)46-22-5-2-6-23-46)41-18-16-24-47(36-41)62-55-29-11-7-25-48(55)49-26-8-12-30-56(49)62/h1-39H. The Bertz CT molecular complexity index is 3850. The van der Waals surface area contributed by atoms with Gasteiger partial charge in [0.05, 0.1) is 33.1 Å². The van der Waals surface area contributed by atoms with Gasteiger partial charge in [0.15, 0.2) is 0 Å². The molecule has 0 N–H and O–H groups in total. The average molecular weight is 802 g/mol. The summed E-state index contributed by atoms with van der Waals surface area (Å²) in [5.41, 5.74) is 17.7. The van der Waals surface area contributed by atoms with Crippen LogP contribution in [0.3, 0.4) is 0 Å². The van der Waals surface area contributed by atoms with Crippen LogP contribution in [0.4, 0.5) is 0 Å². The molecule has 3 nitrogen and oxygen atoms in total. The number of benzene rings is 10. The van der Waals surface area contributed by atoms with Crippen LogP contribution < -0.4 is 0 Å². The van der Waals surface area contributed by atoms with Crippen LogP contribution in [-0.2, 0) is 0 Å². The van der Waals surface area contributed by atoms with Crippen LogP contribution in [0, 0.1) is 0 Å². The van der Waals surface area contributed by atoms with Crippen molar-refractivity contribution in [3.8, 4) is 50.4 Å². The van der Waals surface area contributed by atoms with Gasteiger partial charge < -0.3 is 13.7 Å². The molecule has 10 aromatic carbocycles. The summed E-state index contributed by atoms with van der Waals surface area (Å²) in [6, 6.07) is 86.5. The Morgan fingerprint density at radius 3 is 1.25 bits per heavy atom. The molecule has 0 saturated carbocycles. The first kappa shape index (κ1) is 35.4. The van der Waals surface area contributed by atoms with Gasteiger partial charge in [-0.2, -0.15) is 0 Å². The van der Waals surface area contributed by atoms with Crippen LogP contribution in [-0.4, -0.2) is 13.7 Å². The predicted molar refractivity (Wildman–Crippen MR) is 266 cm³/mol. The van der Waals surface area contributed by atoms with Gasteiger partial charge in [0.25, 0.3) is 0 Å². The van der Waals surface area contributed by atoms with Gasteiger partial charge in [0.1, 0.15) is 0 Å². The number of para-hydroxylation sites is 6. The molecule has 3 heteroatoms. The van der Waals surface area contributed by atoms with Gasteiger partial charge in [0, 0.05) is 54.9 Å². The molecule has 3 heterocycles. The third kappa shape index (κ3) is 5.53. The van der Waals surface area contributed by atoms with E-state index in [1.807, 2.05) is 0 Å². The zero-order valence-corrected chi connectivity index (χ0v) is 34.4. The summed E-state index contributed by atoms with van der Waals surface area (Å²) < 4.78 is 7.24. The summed E-state index contributed by atoms with van der Waals surface area (Å²) in [5, 5.41) is 7.47. The first-order chi connectivity index (χ1) is 31.3. The number of rotatable bonds is 6. The summed E-state index contributed by atoms with van der Waals surface area (Å²) in [6.45, 7) is 0. The van der Waals surface area contributed by atoms with E-state index in [4.69, 9.17) is 0 Å². The second-order valence-electron chi connectivity index (χ2n) is 16.5. The molecular weight excluding hydrogens is 763 g/mol. The second kappa shape index (κ2) is 14.1. The van der Waals surface area contributed by atoms with Crippen molar-refractivity contribution in [2.75, 3.05) is 0 Å². The summed E-state index contributed by atoms with van der Waals surface area (Å²) in [5.74, 6) is 0. The topological polar surface area (TPSA) is 14.8 Å². The van der Waals surface area contributed by atoms with Gasteiger partial charge in [0.2, 0.25) is 0 Å². The Hall–Kier alpha value is -8.40. The molecule has 13 aromatic rings. The molecule has 0 bridgehead atoms. The fraction of sp³-hybridized carbons (Fsp3) is 0. The van der Waals surface area contributed by atoms with Gasteiger partial charge in [-0.25, -0.2) is 0 Å². The van der Waals surface area contributed by atoms with E-state index in [1.165, 1.54) is 98.8 Å². The molecule has 0 atom stereocenters. The molecule has 0 aliphatic heterocycles. The first-order valence-corrected chi connectivity index (χ1v) is 21.7. The van der Waals surface area contributed by atoms with Crippen molar-refractivity contribution in [1.29, 1.82) is 0 Å². The highest BCUT2D eigenvalue weighted by Gasteiger charge is 2.20. The minimum atomic E-state index is 1.14. The maximum Gasteiger partial charge on any atom is 0.0619 e. The number of aromatic nitrogens is 3. The Kier molecular flexibility index (Phi) is 7.91. The lowest BCUT2D eigenvalue weighted by Gasteiger charge is -2.15. The van der Waals surface area contributed by atoms with Crippen LogP contribution in [0.25, 0.3) is 116 Å². The minimum Gasteiger partial charge on any atom is -0.309 e. The Morgan fingerprint density at radius 1 is 0.206 bits per heavy atom. The highest BCUT2D eigenvalue weighted by Crippen LogP contribution is 2.43. The number of nitrogens with zero attached hydrogens (tertiary/aromatic N) is 3. The third-order valence-electron chi connectivity index (χ3n) is 13.0. The molecule has 0 aliphatic rings. The van der Waals surface area contributed by atoms with Crippen LogP contribution in [0.5, 0.6) is 0 Å². The molecule has 13 rings (SSSR count). The lowest BCUT2D eigenvalue weighted by atomic mass is 9.93. The number of hydrogen-bond acceptors (Lipinski definition) is 0. The molecule has 0 aliphatic carbocycles. The monoisotopic (exact) mass is 801 g/mol. The van der Waals surface area contributed by atoms with Crippen LogP contribution in [0.2, 0.25) is 0 Å².